The van der Waals surface area contributed by atoms with Crippen molar-refractivity contribution in [1.82, 2.24) is 10.5 Å². The highest BCUT2D eigenvalue weighted by Crippen LogP contribution is 2.18. The molecule has 1 aromatic carbocycles. The summed E-state index contributed by atoms with van der Waals surface area (Å²) in [6.07, 6.45) is 2.76. The molecule has 0 bridgehead atoms. The molecule has 0 aliphatic heterocycles. The average Bonchev–Trinajstić information content (AvgIpc) is 2.96. The Morgan fingerprint density at radius 1 is 1.26 bits per heavy atom. The van der Waals surface area contributed by atoms with E-state index in [0.29, 0.717) is 12.6 Å². The van der Waals surface area contributed by atoms with E-state index in [1.165, 1.54) is 5.56 Å². The van der Waals surface area contributed by atoms with Crippen LogP contribution in [0.1, 0.15) is 37.6 Å². The van der Waals surface area contributed by atoms with Crippen LogP contribution in [0.15, 0.2) is 41.1 Å². The van der Waals surface area contributed by atoms with E-state index in [4.69, 9.17) is 9.26 Å². The molecule has 0 radical (unpaired) electrons. The summed E-state index contributed by atoms with van der Waals surface area (Å²) < 4.78 is 10.6. The number of rotatable bonds is 7. The summed E-state index contributed by atoms with van der Waals surface area (Å²) in [5, 5.41) is 7.10. The average molecular weight is 260 g/mol. The van der Waals surface area contributed by atoms with Crippen LogP contribution in [0.2, 0.25) is 0 Å². The zero-order valence-electron chi connectivity index (χ0n) is 11.4. The number of nitrogens with zero attached hydrogens (tertiary/aromatic N) is 1. The lowest BCUT2D eigenvalue weighted by atomic mass is 10.1. The molecule has 2 rings (SSSR count). The third-order valence-electron chi connectivity index (χ3n) is 2.95. The predicted octanol–water partition coefficient (Wildman–Crippen LogP) is 3.31. The Hall–Kier alpha value is -1.81. The summed E-state index contributed by atoms with van der Waals surface area (Å²) in [7, 11) is 0. The highest BCUT2D eigenvalue weighted by atomic mass is 16.5. The van der Waals surface area contributed by atoms with Crippen LogP contribution in [0.5, 0.6) is 5.75 Å². The number of hydrogen-bond acceptors (Lipinski definition) is 4. The summed E-state index contributed by atoms with van der Waals surface area (Å²) in [5.41, 5.74) is 1.26. The maximum absolute atomic E-state index is 5.61. The Labute approximate surface area is 113 Å². The molecule has 1 aromatic heterocycles. The Balaban J connectivity index is 1.87. The van der Waals surface area contributed by atoms with Crippen molar-refractivity contribution in [2.45, 2.75) is 32.9 Å². The monoisotopic (exact) mass is 260 g/mol. The van der Waals surface area contributed by atoms with E-state index in [9.17, 15) is 0 Å². The molecule has 1 heterocycles. The van der Waals surface area contributed by atoms with Gasteiger partial charge in [0.2, 0.25) is 0 Å². The normalized spacial score (nSPS) is 12.3. The Kier molecular flexibility index (Phi) is 4.98. The van der Waals surface area contributed by atoms with E-state index < -0.39 is 0 Å². The molecule has 1 unspecified atom stereocenters. The van der Waals surface area contributed by atoms with Crippen molar-refractivity contribution >= 4 is 0 Å². The summed E-state index contributed by atoms with van der Waals surface area (Å²) in [4.78, 5) is 0. The van der Waals surface area contributed by atoms with Crippen molar-refractivity contribution in [3.8, 4) is 5.75 Å². The summed E-state index contributed by atoms with van der Waals surface area (Å²) in [5.74, 6) is 1.56. The highest BCUT2D eigenvalue weighted by Gasteiger charge is 2.04. The van der Waals surface area contributed by atoms with Gasteiger partial charge in [-0.05, 0) is 37.6 Å². The lowest BCUT2D eigenvalue weighted by Crippen LogP contribution is -2.19. The van der Waals surface area contributed by atoms with Gasteiger partial charge in [-0.3, -0.25) is 0 Å². The molecule has 4 nitrogen and oxygen atoms in total. The Morgan fingerprint density at radius 3 is 2.68 bits per heavy atom. The van der Waals surface area contributed by atoms with E-state index in [1.54, 1.807) is 12.3 Å². The number of aromatic nitrogens is 1. The zero-order valence-corrected chi connectivity index (χ0v) is 11.4. The van der Waals surface area contributed by atoms with Gasteiger partial charge >= 0.3 is 0 Å². The lowest BCUT2D eigenvalue weighted by Gasteiger charge is -2.14. The largest absolute Gasteiger partial charge is 0.486 e. The molecule has 0 saturated carbocycles. The first-order chi connectivity index (χ1) is 9.29. The maximum Gasteiger partial charge on any atom is 0.174 e. The van der Waals surface area contributed by atoms with Crippen LogP contribution in [0.3, 0.4) is 0 Å². The number of nitrogens with one attached hydrogen (secondary N) is 1. The highest BCUT2D eigenvalue weighted by molar-refractivity contribution is 5.29. The van der Waals surface area contributed by atoms with Crippen molar-refractivity contribution < 1.29 is 9.26 Å². The second-order valence-corrected chi connectivity index (χ2v) is 4.51. The van der Waals surface area contributed by atoms with Crippen LogP contribution in [0.4, 0.5) is 0 Å². The first kappa shape index (κ1) is 13.6. The van der Waals surface area contributed by atoms with Crippen LogP contribution in [0, 0.1) is 0 Å². The third kappa shape index (κ3) is 4.10. The van der Waals surface area contributed by atoms with Crippen molar-refractivity contribution in [1.29, 1.82) is 0 Å². The van der Waals surface area contributed by atoms with Gasteiger partial charge in [0.25, 0.3) is 0 Å². The van der Waals surface area contributed by atoms with Crippen molar-refractivity contribution in [2.24, 2.45) is 0 Å². The van der Waals surface area contributed by atoms with E-state index >= 15 is 0 Å². The predicted molar refractivity (Wildman–Crippen MR) is 74.0 cm³/mol. The molecule has 102 valence electrons. The van der Waals surface area contributed by atoms with Gasteiger partial charge in [0, 0.05) is 12.1 Å². The Bertz CT molecular complexity index is 465. The molecular weight excluding hydrogens is 240 g/mol. The van der Waals surface area contributed by atoms with E-state index in [2.05, 4.69) is 36.5 Å². The molecule has 2 aromatic rings. The third-order valence-corrected chi connectivity index (χ3v) is 2.95. The van der Waals surface area contributed by atoms with Gasteiger partial charge in [-0.15, -0.1) is 0 Å². The van der Waals surface area contributed by atoms with E-state index in [0.717, 1.165) is 24.5 Å². The van der Waals surface area contributed by atoms with Crippen LogP contribution in [-0.2, 0) is 6.61 Å². The van der Waals surface area contributed by atoms with Gasteiger partial charge in [-0.2, -0.15) is 0 Å². The first-order valence-corrected chi connectivity index (χ1v) is 6.65. The van der Waals surface area contributed by atoms with Gasteiger partial charge in [-0.1, -0.05) is 24.2 Å². The molecule has 1 N–H and O–H groups in total. The lowest BCUT2D eigenvalue weighted by molar-refractivity contribution is 0.249. The van der Waals surface area contributed by atoms with Crippen LogP contribution in [-0.4, -0.2) is 11.7 Å². The smallest absolute Gasteiger partial charge is 0.174 e. The number of hydrogen-bond donors (Lipinski definition) is 1. The molecule has 19 heavy (non-hydrogen) atoms. The van der Waals surface area contributed by atoms with Crippen LogP contribution < -0.4 is 10.1 Å². The van der Waals surface area contributed by atoms with Gasteiger partial charge < -0.3 is 14.6 Å². The second-order valence-electron chi connectivity index (χ2n) is 4.51. The SMILES string of the molecule is CCCNC(C)c1ccc(OCc2ccno2)cc1. The summed E-state index contributed by atoms with van der Waals surface area (Å²) in [6.45, 7) is 5.77. The second kappa shape index (κ2) is 6.95. The molecular formula is C15H20N2O2. The topological polar surface area (TPSA) is 47.3 Å². The number of ether oxygens (including phenoxy) is 1. The summed E-state index contributed by atoms with van der Waals surface area (Å²) in [6, 6.07) is 10.3. The molecule has 0 aliphatic carbocycles. The molecule has 0 aliphatic rings. The minimum atomic E-state index is 0.364. The molecule has 4 heteroatoms. The van der Waals surface area contributed by atoms with Gasteiger partial charge in [0.15, 0.2) is 5.76 Å². The molecule has 1 atom stereocenters. The zero-order chi connectivity index (χ0) is 13.5. The summed E-state index contributed by atoms with van der Waals surface area (Å²) >= 11 is 0. The quantitative estimate of drug-likeness (QED) is 0.829. The molecule has 0 fully saturated rings. The Morgan fingerprint density at radius 2 is 2.05 bits per heavy atom. The standard InChI is InChI=1S/C15H20N2O2/c1-3-9-16-12(2)13-4-6-14(7-5-13)18-11-15-8-10-17-19-15/h4-8,10,12,16H,3,9,11H2,1-2H3. The van der Waals surface area contributed by atoms with Crippen LogP contribution >= 0.6 is 0 Å². The number of benzene rings is 1. The fourth-order valence-corrected chi connectivity index (χ4v) is 1.80. The molecule has 0 saturated heterocycles. The minimum absolute atomic E-state index is 0.364. The van der Waals surface area contributed by atoms with Crippen molar-refractivity contribution in [3.63, 3.8) is 0 Å². The van der Waals surface area contributed by atoms with Crippen molar-refractivity contribution in [3.05, 3.63) is 47.9 Å². The molecule has 0 spiro atoms. The fraction of sp³-hybridized carbons (Fsp3) is 0.400. The fourth-order valence-electron chi connectivity index (χ4n) is 1.80. The van der Waals surface area contributed by atoms with E-state index in [-0.39, 0.29) is 0 Å². The van der Waals surface area contributed by atoms with Gasteiger partial charge in [0.1, 0.15) is 12.4 Å². The van der Waals surface area contributed by atoms with Gasteiger partial charge in [0.05, 0.1) is 6.20 Å². The maximum atomic E-state index is 5.61. The van der Waals surface area contributed by atoms with Crippen molar-refractivity contribution in [2.75, 3.05) is 6.54 Å². The first-order valence-electron chi connectivity index (χ1n) is 6.65. The van der Waals surface area contributed by atoms with Gasteiger partial charge in [-0.25, -0.2) is 0 Å². The van der Waals surface area contributed by atoms with E-state index in [1.807, 2.05) is 12.1 Å². The minimum Gasteiger partial charge on any atom is -0.486 e. The van der Waals surface area contributed by atoms with Crippen LogP contribution in [0.25, 0.3) is 0 Å². The molecule has 0 amide bonds.